The van der Waals surface area contributed by atoms with Gasteiger partial charge in [-0.1, -0.05) is 43.5 Å². The fraction of sp³-hybridized carbons (Fsp3) is 0.552. The van der Waals surface area contributed by atoms with Crippen LogP contribution in [0.4, 0.5) is 5.69 Å². The maximum absolute atomic E-state index is 12.7. The fourth-order valence-electron chi connectivity index (χ4n) is 4.96. The molecule has 39 heavy (non-hydrogen) atoms. The van der Waals surface area contributed by atoms with Crippen LogP contribution in [-0.4, -0.2) is 83.1 Å². The van der Waals surface area contributed by atoms with Gasteiger partial charge < -0.3 is 19.1 Å². The molecule has 0 aromatic heterocycles. The summed E-state index contributed by atoms with van der Waals surface area (Å²) in [6, 6.07) is 15.6. The van der Waals surface area contributed by atoms with Crippen LogP contribution in [0.2, 0.25) is 0 Å². The topological polar surface area (TPSA) is 106 Å². The molecule has 0 bridgehead atoms. The van der Waals surface area contributed by atoms with E-state index in [1.54, 1.807) is 13.2 Å². The number of ether oxygens (including phenoxy) is 3. The summed E-state index contributed by atoms with van der Waals surface area (Å²) >= 11 is 0. The monoisotopic (exact) mass is 562 g/mol. The van der Waals surface area contributed by atoms with Crippen LogP contribution in [0.15, 0.2) is 48.5 Å². The molecule has 10 heteroatoms. The Hall–Kier alpha value is -2.82. The van der Waals surface area contributed by atoms with Crippen LogP contribution in [0.3, 0.4) is 0 Å². The number of rotatable bonds is 10. The molecule has 216 valence electrons. The van der Waals surface area contributed by atoms with Crippen LogP contribution in [0.25, 0.3) is 0 Å². The van der Waals surface area contributed by atoms with Crippen LogP contribution >= 0.6 is 0 Å². The van der Waals surface area contributed by atoms with Gasteiger partial charge in [-0.05, 0) is 49.4 Å². The van der Waals surface area contributed by atoms with E-state index in [0.717, 1.165) is 50.6 Å². The zero-order chi connectivity index (χ0) is 28.1. The standard InChI is InChI=1S/C28H38N2O4.CH4O3S/c1-32-27-15-8-6-13-25(27)30-19-17-29(18-20-30)16-9-21-33-28(31)24-12-5-7-14-26(24)34-22-23-10-3-2-4-11-23;1-5(2,3)4/h5-8,12-15,23H,2-4,9-11,16-22H2,1H3;1H3,(H,2,3,4). The second-order valence-corrected chi connectivity index (χ2v) is 11.5. The van der Waals surface area contributed by atoms with E-state index in [2.05, 4.69) is 21.9 Å². The summed E-state index contributed by atoms with van der Waals surface area (Å²) in [5.74, 6) is 1.87. The number of carbonyl (C=O) groups is 1. The van der Waals surface area contributed by atoms with Crippen LogP contribution in [0.1, 0.15) is 48.9 Å². The van der Waals surface area contributed by atoms with Gasteiger partial charge in [0.2, 0.25) is 0 Å². The van der Waals surface area contributed by atoms with Gasteiger partial charge in [0.15, 0.2) is 0 Å². The van der Waals surface area contributed by atoms with Gasteiger partial charge in [-0.3, -0.25) is 9.45 Å². The summed E-state index contributed by atoms with van der Waals surface area (Å²) in [6.45, 7) is 5.94. The van der Waals surface area contributed by atoms with E-state index in [-0.39, 0.29) is 5.97 Å². The quantitative estimate of drug-likeness (QED) is 0.254. The van der Waals surface area contributed by atoms with Crippen molar-refractivity contribution in [2.24, 2.45) is 5.92 Å². The highest BCUT2D eigenvalue weighted by Crippen LogP contribution is 2.29. The van der Waals surface area contributed by atoms with Gasteiger partial charge >= 0.3 is 5.97 Å². The summed E-state index contributed by atoms with van der Waals surface area (Å²) in [5, 5.41) is 0. The molecule has 2 aromatic rings. The Labute approximate surface area is 232 Å². The number of methoxy groups -OCH3 is 1. The largest absolute Gasteiger partial charge is 0.495 e. The van der Waals surface area contributed by atoms with Crippen molar-refractivity contribution in [3.63, 3.8) is 0 Å². The first-order valence-electron chi connectivity index (χ1n) is 13.7. The Morgan fingerprint density at radius 3 is 2.23 bits per heavy atom. The SMILES string of the molecule is COc1ccccc1N1CCN(CCCOC(=O)c2ccccc2OCC2CCCCC2)CC1.CS(=O)(=O)O. The molecule has 1 N–H and O–H groups in total. The molecule has 2 aromatic carbocycles. The number of para-hydroxylation sites is 3. The molecule has 0 unspecified atom stereocenters. The summed E-state index contributed by atoms with van der Waals surface area (Å²) in [4.78, 5) is 17.5. The minimum Gasteiger partial charge on any atom is -0.495 e. The van der Waals surface area contributed by atoms with Crippen molar-refractivity contribution < 1.29 is 32.0 Å². The Kier molecular flexibility index (Phi) is 12.4. The molecule has 1 aliphatic heterocycles. The summed E-state index contributed by atoms with van der Waals surface area (Å²) in [7, 11) is -1.95. The zero-order valence-electron chi connectivity index (χ0n) is 23.1. The minimum absolute atomic E-state index is 0.291. The Morgan fingerprint density at radius 1 is 0.949 bits per heavy atom. The van der Waals surface area contributed by atoms with E-state index in [1.807, 2.05) is 30.3 Å². The fourth-order valence-corrected chi connectivity index (χ4v) is 4.96. The third-order valence-corrected chi connectivity index (χ3v) is 6.96. The van der Waals surface area contributed by atoms with Crippen molar-refractivity contribution in [2.45, 2.75) is 38.5 Å². The van der Waals surface area contributed by atoms with Crippen LogP contribution in [0.5, 0.6) is 11.5 Å². The summed E-state index contributed by atoms with van der Waals surface area (Å²) in [6.07, 6.45) is 7.88. The third-order valence-electron chi connectivity index (χ3n) is 6.96. The first-order chi connectivity index (χ1) is 18.7. The van der Waals surface area contributed by atoms with E-state index in [4.69, 9.17) is 18.8 Å². The minimum atomic E-state index is -3.67. The van der Waals surface area contributed by atoms with Crippen molar-refractivity contribution >= 4 is 21.8 Å². The van der Waals surface area contributed by atoms with Gasteiger partial charge in [-0.15, -0.1) is 0 Å². The van der Waals surface area contributed by atoms with E-state index < -0.39 is 10.1 Å². The van der Waals surface area contributed by atoms with Crippen molar-refractivity contribution in [3.05, 3.63) is 54.1 Å². The predicted molar refractivity (Wildman–Crippen MR) is 153 cm³/mol. The van der Waals surface area contributed by atoms with E-state index in [1.165, 1.54) is 32.1 Å². The summed E-state index contributed by atoms with van der Waals surface area (Å²) in [5.41, 5.74) is 1.69. The molecule has 4 rings (SSSR count). The molecule has 1 saturated heterocycles. The van der Waals surface area contributed by atoms with E-state index in [0.29, 0.717) is 36.7 Å². The lowest BCUT2D eigenvalue weighted by atomic mass is 9.90. The van der Waals surface area contributed by atoms with Crippen molar-refractivity contribution in [2.75, 3.05) is 64.2 Å². The molecule has 0 amide bonds. The molecule has 0 spiro atoms. The molecule has 0 atom stereocenters. The van der Waals surface area contributed by atoms with Gasteiger partial charge in [0.1, 0.15) is 17.1 Å². The van der Waals surface area contributed by atoms with Gasteiger partial charge in [0.05, 0.1) is 32.3 Å². The van der Waals surface area contributed by atoms with Gasteiger partial charge in [-0.25, -0.2) is 4.79 Å². The maximum atomic E-state index is 12.7. The molecule has 2 fully saturated rings. The van der Waals surface area contributed by atoms with E-state index in [9.17, 15) is 13.2 Å². The highest BCUT2D eigenvalue weighted by atomic mass is 32.2. The average Bonchev–Trinajstić information content (AvgIpc) is 2.94. The molecular formula is C29H42N2O7S. The number of carbonyl (C=O) groups excluding carboxylic acids is 1. The normalized spacial score (nSPS) is 16.6. The van der Waals surface area contributed by atoms with Gasteiger partial charge in [0.25, 0.3) is 10.1 Å². The zero-order valence-corrected chi connectivity index (χ0v) is 23.9. The predicted octanol–water partition coefficient (Wildman–Crippen LogP) is 4.53. The maximum Gasteiger partial charge on any atom is 0.341 e. The third kappa shape index (κ3) is 11.1. The lowest BCUT2D eigenvalue weighted by molar-refractivity contribution is 0.0481. The molecule has 2 aliphatic rings. The van der Waals surface area contributed by atoms with Crippen LogP contribution in [-0.2, 0) is 14.9 Å². The number of piperazine rings is 1. The van der Waals surface area contributed by atoms with Crippen molar-refractivity contribution in [1.29, 1.82) is 0 Å². The van der Waals surface area contributed by atoms with E-state index >= 15 is 0 Å². The molecule has 1 heterocycles. The second-order valence-electron chi connectivity index (χ2n) is 10.0. The number of hydrogen-bond acceptors (Lipinski definition) is 8. The lowest BCUT2D eigenvalue weighted by Gasteiger charge is -2.36. The second kappa shape index (κ2) is 15.7. The van der Waals surface area contributed by atoms with Gasteiger partial charge in [0, 0.05) is 32.7 Å². The first kappa shape index (κ1) is 30.7. The Bertz CT molecular complexity index is 1120. The number of benzene rings is 2. The lowest BCUT2D eigenvalue weighted by Crippen LogP contribution is -2.46. The van der Waals surface area contributed by atoms with Crippen LogP contribution in [0, 0.1) is 5.92 Å². The highest BCUT2D eigenvalue weighted by Gasteiger charge is 2.20. The number of esters is 1. The smallest absolute Gasteiger partial charge is 0.341 e. The molecule has 1 saturated carbocycles. The van der Waals surface area contributed by atoms with Gasteiger partial charge in [-0.2, -0.15) is 8.42 Å². The average molecular weight is 563 g/mol. The number of nitrogens with zero attached hydrogens (tertiary/aromatic N) is 2. The molecule has 1 aliphatic carbocycles. The van der Waals surface area contributed by atoms with Crippen LogP contribution < -0.4 is 14.4 Å². The number of hydrogen-bond donors (Lipinski definition) is 1. The van der Waals surface area contributed by atoms with Crippen molar-refractivity contribution in [1.82, 2.24) is 4.90 Å². The summed E-state index contributed by atoms with van der Waals surface area (Å²) < 4.78 is 43.0. The first-order valence-corrected chi connectivity index (χ1v) is 15.5. The highest BCUT2D eigenvalue weighted by molar-refractivity contribution is 7.85. The molecule has 0 radical (unpaired) electrons. The van der Waals surface area contributed by atoms with Crippen molar-refractivity contribution in [3.8, 4) is 11.5 Å². The Balaban J connectivity index is 0.000000771. The molecular weight excluding hydrogens is 520 g/mol. The Morgan fingerprint density at radius 2 is 1.56 bits per heavy atom. The number of anilines is 1. The molecule has 9 nitrogen and oxygen atoms in total.